The van der Waals surface area contributed by atoms with Gasteiger partial charge in [-0.1, -0.05) is 6.92 Å². The van der Waals surface area contributed by atoms with E-state index in [-0.39, 0.29) is 6.03 Å². The molecule has 26 heavy (non-hydrogen) atoms. The Balaban J connectivity index is 1.64. The van der Waals surface area contributed by atoms with E-state index in [0.29, 0.717) is 18.5 Å². The average molecular weight is 377 g/mol. The predicted molar refractivity (Wildman–Crippen MR) is 103 cm³/mol. The number of carbonyl (C=O) groups is 1. The minimum Gasteiger partial charge on any atom is -0.332 e. The molecule has 7 nitrogen and oxygen atoms in total. The number of aromatic nitrogens is 3. The zero-order valence-corrected chi connectivity index (χ0v) is 16.6. The van der Waals surface area contributed by atoms with Crippen LogP contribution in [0.25, 0.3) is 0 Å². The Hall–Kier alpha value is -1.93. The molecule has 0 saturated carbocycles. The first-order valence-corrected chi connectivity index (χ1v) is 10.1. The summed E-state index contributed by atoms with van der Waals surface area (Å²) in [5.41, 5.74) is 3.93. The van der Waals surface area contributed by atoms with E-state index < -0.39 is 0 Å². The minimum atomic E-state index is -0.0449. The number of thiazole rings is 1. The van der Waals surface area contributed by atoms with E-state index in [0.717, 1.165) is 31.7 Å². The second kappa shape index (κ2) is 8.64. The van der Waals surface area contributed by atoms with Crippen LogP contribution in [0.3, 0.4) is 0 Å². The number of piperidine rings is 1. The molecule has 0 spiro atoms. The second-order valence-corrected chi connectivity index (χ2v) is 7.66. The molecule has 1 aliphatic rings. The van der Waals surface area contributed by atoms with Gasteiger partial charge >= 0.3 is 6.03 Å². The second-order valence-electron chi connectivity index (χ2n) is 6.94. The van der Waals surface area contributed by atoms with E-state index in [1.807, 2.05) is 30.4 Å². The molecule has 1 aliphatic heterocycles. The normalized spacial score (nSPS) is 20.9. The van der Waals surface area contributed by atoms with Crippen LogP contribution >= 0.6 is 11.3 Å². The standard InChI is InChI=1S/C18H28N6OS/c1-4-24-7-5-6-14(17(24)15-8-21-23(3)11-15)10-22(2)18(25)19-9-16-12-26-13-20-16/h8,11-14,17H,4-7,9-10H2,1-3H3,(H,19,25)/t14-,17+/m0/s1. The molecule has 0 bridgehead atoms. The van der Waals surface area contributed by atoms with Crippen molar-refractivity contribution in [3.63, 3.8) is 0 Å². The molecule has 3 rings (SSSR count). The highest BCUT2D eigenvalue weighted by atomic mass is 32.1. The SMILES string of the molecule is CCN1CCC[C@@H](CN(C)C(=O)NCc2cscn2)[C@@H]1c1cnn(C)c1. The van der Waals surface area contributed by atoms with Gasteiger partial charge in [-0.2, -0.15) is 5.10 Å². The molecule has 142 valence electrons. The lowest BCUT2D eigenvalue weighted by Gasteiger charge is -2.42. The van der Waals surface area contributed by atoms with E-state index in [1.54, 1.807) is 21.7 Å². The molecule has 2 aromatic rings. The molecule has 2 amide bonds. The van der Waals surface area contributed by atoms with Crippen molar-refractivity contribution in [1.29, 1.82) is 0 Å². The number of aryl methyl sites for hydroxylation is 1. The maximum absolute atomic E-state index is 12.5. The summed E-state index contributed by atoms with van der Waals surface area (Å²) < 4.78 is 1.86. The zero-order chi connectivity index (χ0) is 18.5. The quantitative estimate of drug-likeness (QED) is 0.841. The lowest BCUT2D eigenvalue weighted by Crippen LogP contribution is -2.46. The molecular weight excluding hydrogens is 348 g/mol. The number of carbonyl (C=O) groups excluding carboxylic acids is 1. The lowest BCUT2D eigenvalue weighted by molar-refractivity contribution is 0.0813. The zero-order valence-electron chi connectivity index (χ0n) is 15.8. The van der Waals surface area contributed by atoms with Crippen molar-refractivity contribution in [3.05, 3.63) is 34.5 Å². The highest BCUT2D eigenvalue weighted by Gasteiger charge is 2.33. The number of nitrogens with one attached hydrogen (secondary N) is 1. The first-order chi connectivity index (χ1) is 12.6. The van der Waals surface area contributed by atoms with Gasteiger partial charge < -0.3 is 10.2 Å². The number of nitrogens with zero attached hydrogens (tertiary/aromatic N) is 5. The van der Waals surface area contributed by atoms with Gasteiger partial charge in [-0.3, -0.25) is 9.58 Å². The maximum atomic E-state index is 12.5. The Morgan fingerprint density at radius 1 is 1.50 bits per heavy atom. The fraction of sp³-hybridized carbons (Fsp3) is 0.611. The molecule has 2 atom stereocenters. The summed E-state index contributed by atoms with van der Waals surface area (Å²) in [7, 11) is 3.83. The van der Waals surface area contributed by atoms with Gasteiger partial charge in [0.15, 0.2) is 0 Å². The number of amides is 2. The molecule has 0 aliphatic carbocycles. The van der Waals surface area contributed by atoms with Gasteiger partial charge in [0.25, 0.3) is 0 Å². The molecule has 2 aromatic heterocycles. The van der Waals surface area contributed by atoms with Gasteiger partial charge in [-0.25, -0.2) is 9.78 Å². The van der Waals surface area contributed by atoms with Crippen LogP contribution in [0, 0.1) is 5.92 Å². The van der Waals surface area contributed by atoms with Gasteiger partial charge in [0, 0.05) is 43.8 Å². The third kappa shape index (κ3) is 4.42. The van der Waals surface area contributed by atoms with E-state index in [4.69, 9.17) is 0 Å². The molecule has 3 heterocycles. The van der Waals surface area contributed by atoms with E-state index in [2.05, 4.69) is 33.4 Å². The Morgan fingerprint density at radius 2 is 2.35 bits per heavy atom. The van der Waals surface area contributed by atoms with Crippen LogP contribution in [0.2, 0.25) is 0 Å². The summed E-state index contributed by atoms with van der Waals surface area (Å²) in [6, 6.07) is 0.271. The van der Waals surface area contributed by atoms with Crippen LogP contribution in [-0.2, 0) is 13.6 Å². The summed E-state index contributed by atoms with van der Waals surface area (Å²) >= 11 is 1.54. The minimum absolute atomic E-state index is 0.0449. The van der Waals surface area contributed by atoms with E-state index >= 15 is 0 Å². The van der Waals surface area contributed by atoms with Crippen LogP contribution in [0.15, 0.2) is 23.3 Å². The monoisotopic (exact) mass is 376 g/mol. The van der Waals surface area contributed by atoms with Gasteiger partial charge in [0.05, 0.1) is 23.9 Å². The van der Waals surface area contributed by atoms with Gasteiger partial charge in [0.2, 0.25) is 0 Å². The Kier molecular flexibility index (Phi) is 6.26. The summed E-state index contributed by atoms with van der Waals surface area (Å²) in [5.74, 6) is 0.405. The third-order valence-electron chi connectivity index (χ3n) is 5.09. The molecule has 1 fully saturated rings. The van der Waals surface area contributed by atoms with Crippen molar-refractivity contribution in [2.45, 2.75) is 32.4 Å². The number of rotatable bonds is 6. The van der Waals surface area contributed by atoms with Gasteiger partial charge in [-0.05, 0) is 31.8 Å². The summed E-state index contributed by atoms with van der Waals surface area (Å²) in [5, 5.41) is 9.28. The fourth-order valence-corrected chi connectivity index (χ4v) is 4.39. The number of hydrogen-bond donors (Lipinski definition) is 1. The van der Waals surface area contributed by atoms with Crippen molar-refractivity contribution in [2.24, 2.45) is 13.0 Å². The van der Waals surface area contributed by atoms with Crippen LogP contribution in [0.4, 0.5) is 4.79 Å². The van der Waals surface area contributed by atoms with Crippen molar-refractivity contribution < 1.29 is 4.79 Å². The number of urea groups is 1. The molecule has 0 radical (unpaired) electrons. The summed E-state index contributed by atoms with van der Waals surface area (Å²) in [4.78, 5) is 21.0. The van der Waals surface area contributed by atoms with Crippen LogP contribution in [0.5, 0.6) is 0 Å². The van der Waals surface area contributed by atoms with Gasteiger partial charge in [-0.15, -0.1) is 11.3 Å². The molecule has 1 N–H and O–H groups in total. The Labute approximate surface area is 159 Å². The molecule has 0 unspecified atom stereocenters. The summed E-state index contributed by atoms with van der Waals surface area (Å²) in [6.45, 7) is 5.53. The van der Waals surface area contributed by atoms with Crippen molar-refractivity contribution >= 4 is 17.4 Å². The highest BCUT2D eigenvalue weighted by Crippen LogP contribution is 2.36. The molecule has 0 aromatic carbocycles. The van der Waals surface area contributed by atoms with Crippen LogP contribution < -0.4 is 5.32 Å². The smallest absolute Gasteiger partial charge is 0.317 e. The first-order valence-electron chi connectivity index (χ1n) is 9.17. The highest BCUT2D eigenvalue weighted by molar-refractivity contribution is 7.07. The van der Waals surface area contributed by atoms with Crippen molar-refractivity contribution in [2.75, 3.05) is 26.7 Å². The predicted octanol–water partition coefficient (Wildman–Crippen LogP) is 2.49. The largest absolute Gasteiger partial charge is 0.332 e. The number of likely N-dealkylation sites (tertiary alicyclic amines) is 1. The fourth-order valence-electron chi connectivity index (χ4n) is 3.83. The molecule has 8 heteroatoms. The van der Waals surface area contributed by atoms with Crippen molar-refractivity contribution in [1.82, 2.24) is 29.9 Å². The topological polar surface area (TPSA) is 66.3 Å². The lowest BCUT2D eigenvalue weighted by atomic mass is 9.85. The van der Waals surface area contributed by atoms with Crippen molar-refractivity contribution in [3.8, 4) is 0 Å². The van der Waals surface area contributed by atoms with Gasteiger partial charge in [0.1, 0.15) is 0 Å². The maximum Gasteiger partial charge on any atom is 0.317 e. The third-order valence-corrected chi connectivity index (χ3v) is 5.73. The Bertz CT molecular complexity index is 700. The molecule has 1 saturated heterocycles. The first kappa shape index (κ1) is 18.8. The Morgan fingerprint density at radius 3 is 3.00 bits per heavy atom. The van der Waals surface area contributed by atoms with E-state index in [9.17, 15) is 4.79 Å². The average Bonchev–Trinajstić information content (AvgIpc) is 3.30. The van der Waals surface area contributed by atoms with Crippen LogP contribution in [0.1, 0.15) is 37.1 Å². The molecular formula is C18H28N6OS. The summed E-state index contributed by atoms with van der Waals surface area (Å²) in [6.07, 6.45) is 6.37. The van der Waals surface area contributed by atoms with Crippen LogP contribution in [-0.4, -0.2) is 57.3 Å². The number of hydrogen-bond acceptors (Lipinski definition) is 5. The van der Waals surface area contributed by atoms with E-state index in [1.165, 1.54) is 12.0 Å².